The van der Waals surface area contributed by atoms with Gasteiger partial charge in [0, 0.05) is 10.2 Å². The zero-order chi connectivity index (χ0) is 13.8. The molecule has 0 fully saturated rings. The number of hydrogen-bond acceptors (Lipinski definition) is 2. The number of benzene rings is 2. The van der Waals surface area contributed by atoms with Gasteiger partial charge in [0.25, 0.3) is 5.91 Å². The van der Waals surface area contributed by atoms with Gasteiger partial charge in [-0.25, -0.2) is 0 Å². The summed E-state index contributed by atoms with van der Waals surface area (Å²) in [5.74, 6) is -0.165. The second-order valence-corrected chi connectivity index (χ2v) is 5.25. The van der Waals surface area contributed by atoms with Crippen molar-refractivity contribution in [2.75, 3.05) is 5.73 Å². The highest BCUT2D eigenvalue weighted by Gasteiger charge is 2.13. The number of nitrogen functional groups attached to an aromatic ring is 1. The van der Waals surface area contributed by atoms with E-state index in [0.717, 1.165) is 10.0 Å². The highest BCUT2D eigenvalue weighted by Crippen LogP contribution is 2.20. The molecule has 0 saturated heterocycles. The molecule has 2 aromatic rings. The predicted molar refractivity (Wildman–Crippen MR) is 80.9 cm³/mol. The van der Waals surface area contributed by atoms with E-state index >= 15 is 0 Å². The van der Waals surface area contributed by atoms with Gasteiger partial charge in [0.1, 0.15) is 0 Å². The molecule has 3 nitrogen and oxygen atoms in total. The molecule has 19 heavy (non-hydrogen) atoms. The largest absolute Gasteiger partial charge is 0.398 e. The third kappa shape index (κ3) is 3.35. The molecular weight excluding hydrogens is 304 g/mol. The summed E-state index contributed by atoms with van der Waals surface area (Å²) >= 11 is 3.32. The van der Waals surface area contributed by atoms with Gasteiger partial charge in [-0.05, 0) is 30.7 Å². The predicted octanol–water partition coefficient (Wildman–Crippen LogP) is 3.52. The lowest BCUT2D eigenvalue weighted by molar-refractivity contribution is 0.0941. The van der Waals surface area contributed by atoms with Crippen LogP contribution in [0.5, 0.6) is 0 Å². The van der Waals surface area contributed by atoms with Gasteiger partial charge >= 0.3 is 0 Å². The molecule has 0 aliphatic heterocycles. The molecule has 98 valence electrons. The maximum absolute atomic E-state index is 12.2. The average molecular weight is 319 g/mol. The SMILES string of the molecule is C[C@H](NC(=O)c1ccc(Br)cc1N)c1ccccc1. The minimum atomic E-state index is -0.165. The Morgan fingerprint density at radius 1 is 1.21 bits per heavy atom. The van der Waals surface area contributed by atoms with Crippen molar-refractivity contribution in [3.63, 3.8) is 0 Å². The number of nitrogens with one attached hydrogen (secondary N) is 1. The van der Waals surface area contributed by atoms with Crippen LogP contribution in [0.1, 0.15) is 28.9 Å². The summed E-state index contributed by atoms with van der Waals surface area (Å²) < 4.78 is 0.859. The van der Waals surface area contributed by atoms with E-state index in [9.17, 15) is 4.79 Å². The lowest BCUT2D eigenvalue weighted by atomic mass is 10.1. The zero-order valence-electron chi connectivity index (χ0n) is 10.6. The monoisotopic (exact) mass is 318 g/mol. The summed E-state index contributed by atoms with van der Waals surface area (Å²) in [6, 6.07) is 15.0. The Bertz CT molecular complexity index is 584. The maximum Gasteiger partial charge on any atom is 0.253 e. The van der Waals surface area contributed by atoms with Crippen molar-refractivity contribution in [2.24, 2.45) is 0 Å². The van der Waals surface area contributed by atoms with E-state index < -0.39 is 0 Å². The summed E-state index contributed by atoms with van der Waals surface area (Å²) in [5.41, 5.74) is 7.86. The van der Waals surface area contributed by atoms with Gasteiger partial charge in [-0.15, -0.1) is 0 Å². The number of nitrogens with two attached hydrogens (primary N) is 1. The second kappa shape index (κ2) is 5.89. The van der Waals surface area contributed by atoms with Crippen molar-refractivity contribution in [2.45, 2.75) is 13.0 Å². The highest BCUT2D eigenvalue weighted by atomic mass is 79.9. The van der Waals surface area contributed by atoms with E-state index in [2.05, 4.69) is 21.2 Å². The van der Waals surface area contributed by atoms with Crippen molar-refractivity contribution < 1.29 is 4.79 Å². The molecule has 1 amide bonds. The molecule has 0 unspecified atom stereocenters. The number of amides is 1. The third-order valence-corrected chi connectivity index (χ3v) is 3.40. The summed E-state index contributed by atoms with van der Waals surface area (Å²) in [7, 11) is 0. The van der Waals surface area contributed by atoms with Crippen LogP contribution in [0.2, 0.25) is 0 Å². The molecule has 0 aliphatic rings. The van der Waals surface area contributed by atoms with E-state index in [4.69, 9.17) is 5.73 Å². The molecule has 2 aromatic carbocycles. The summed E-state index contributed by atoms with van der Waals surface area (Å²) in [6.45, 7) is 1.95. The summed E-state index contributed by atoms with van der Waals surface area (Å²) in [6.07, 6.45) is 0. The first-order valence-electron chi connectivity index (χ1n) is 5.99. The number of rotatable bonds is 3. The molecule has 2 rings (SSSR count). The van der Waals surface area contributed by atoms with Crippen molar-refractivity contribution in [3.05, 3.63) is 64.1 Å². The summed E-state index contributed by atoms with van der Waals surface area (Å²) in [4.78, 5) is 12.2. The highest BCUT2D eigenvalue weighted by molar-refractivity contribution is 9.10. The summed E-state index contributed by atoms with van der Waals surface area (Å²) in [5, 5.41) is 2.94. The molecule has 0 aliphatic carbocycles. The Kier molecular flexibility index (Phi) is 4.22. The van der Waals surface area contributed by atoms with E-state index in [1.54, 1.807) is 18.2 Å². The van der Waals surface area contributed by atoms with Gasteiger partial charge in [-0.2, -0.15) is 0 Å². The van der Waals surface area contributed by atoms with E-state index in [-0.39, 0.29) is 11.9 Å². The van der Waals surface area contributed by atoms with Gasteiger partial charge in [-0.3, -0.25) is 4.79 Å². The van der Waals surface area contributed by atoms with E-state index in [1.165, 1.54) is 0 Å². The first-order valence-corrected chi connectivity index (χ1v) is 6.78. The van der Waals surface area contributed by atoms with Crippen molar-refractivity contribution >= 4 is 27.5 Å². The van der Waals surface area contributed by atoms with Gasteiger partial charge in [-0.1, -0.05) is 46.3 Å². The number of halogens is 1. The van der Waals surface area contributed by atoms with Crippen molar-refractivity contribution in [1.29, 1.82) is 0 Å². The smallest absolute Gasteiger partial charge is 0.253 e. The van der Waals surface area contributed by atoms with Crippen LogP contribution < -0.4 is 11.1 Å². The first kappa shape index (κ1) is 13.6. The Morgan fingerprint density at radius 3 is 2.53 bits per heavy atom. The first-order chi connectivity index (χ1) is 9.08. The molecule has 1 atom stereocenters. The van der Waals surface area contributed by atoms with Crippen LogP contribution in [-0.2, 0) is 0 Å². The fraction of sp³-hybridized carbons (Fsp3) is 0.133. The van der Waals surface area contributed by atoms with E-state index in [0.29, 0.717) is 11.3 Å². The normalized spacial score (nSPS) is 11.9. The maximum atomic E-state index is 12.2. The fourth-order valence-corrected chi connectivity index (χ4v) is 2.22. The molecule has 3 N–H and O–H groups in total. The molecule has 4 heteroatoms. The molecule has 0 spiro atoms. The lowest BCUT2D eigenvalue weighted by Crippen LogP contribution is -2.27. The number of anilines is 1. The third-order valence-electron chi connectivity index (χ3n) is 2.91. The second-order valence-electron chi connectivity index (χ2n) is 4.34. The van der Waals surface area contributed by atoms with Crippen molar-refractivity contribution in [1.82, 2.24) is 5.32 Å². The van der Waals surface area contributed by atoms with E-state index in [1.807, 2.05) is 37.3 Å². The Hall–Kier alpha value is -1.81. The molecule has 0 heterocycles. The average Bonchev–Trinajstić information content (AvgIpc) is 2.39. The molecule has 0 radical (unpaired) electrons. The van der Waals surface area contributed by atoms with Crippen LogP contribution in [0, 0.1) is 0 Å². The van der Waals surface area contributed by atoms with Crippen LogP contribution in [0.15, 0.2) is 53.0 Å². The quantitative estimate of drug-likeness (QED) is 0.851. The van der Waals surface area contributed by atoms with Crippen LogP contribution in [0.25, 0.3) is 0 Å². The lowest BCUT2D eigenvalue weighted by Gasteiger charge is -2.15. The number of carbonyl (C=O) groups is 1. The molecule has 0 saturated carbocycles. The van der Waals surface area contributed by atoms with Crippen LogP contribution in [0.4, 0.5) is 5.69 Å². The fourth-order valence-electron chi connectivity index (χ4n) is 1.84. The molecule has 0 bridgehead atoms. The Labute approximate surface area is 121 Å². The minimum absolute atomic E-state index is 0.0586. The van der Waals surface area contributed by atoms with Gasteiger partial charge in [0.2, 0.25) is 0 Å². The van der Waals surface area contributed by atoms with Gasteiger partial charge in [0.05, 0.1) is 11.6 Å². The topological polar surface area (TPSA) is 55.1 Å². The van der Waals surface area contributed by atoms with Crippen LogP contribution >= 0.6 is 15.9 Å². The van der Waals surface area contributed by atoms with Crippen LogP contribution in [0.3, 0.4) is 0 Å². The number of hydrogen-bond donors (Lipinski definition) is 2. The zero-order valence-corrected chi connectivity index (χ0v) is 12.1. The standard InChI is InChI=1S/C15H15BrN2O/c1-10(11-5-3-2-4-6-11)18-15(19)13-8-7-12(16)9-14(13)17/h2-10H,17H2,1H3,(H,18,19)/t10-/m0/s1. The number of carbonyl (C=O) groups excluding carboxylic acids is 1. The van der Waals surface area contributed by atoms with Gasteiger partial charge < -0.3 is 11.1 Å². The molecular formula is C15H15BrN2O. The van der Waals surface area contributed by atoms with Gasteiger partial charge in [0.15, 0.2) is 0 Å². The molecule has 0 aromatic heterocycles. The van der Waals surface area contributed by atoms with Crippen LogP contribution in [-0.4, -0.2) is 5.91 Å². The Morgan fingerprint density at radius 2 is 1.89 bits per heavy atom. The van der Waals surface area contributed by atoms with Crippen molar-refractivity contribution in [3.8, 4) is 0 Å². The minimum Gasteiger partial charge on any atom is -0.398 e. The Balaban J connectivity index is 2.13.